The van der Waals surface area contributed by atoms with Gasteiger partial charge >= 0.3 is 5.97 Å². The first-order valence-electron chi connectivity index (χ1n) is 7.82. The highest BCUT2D eigenvalue weighted by Gasteiger charge is 2.27. The molecule has 26 heavy (non-hydrogen) atoms. The van der Waals surface area contributed by atoms with Crippen molar-refractivity contribution in [1.29, 1.82) is 0 Å². The van der Waals surface area contributed by atoms with E-state index in [-0.39, 0.29) is 22.9 Å². The topological polar surface area (TPSA) is 130 Å². The number of carboxylic acid groups (broad SMARTS) is 1. The molecule has 1 fully saturated rings. The lowest BCUT2D eigenvalue weighted by Gasteiger charge is -2.35. The number of hydrogen-bond donors (Lipinski definition) is 1. The molecule has 1 aromatic carbocycles. The normalized spacial score (nSPS) is 14.2. The molecular weight excluding hydrogens is 342 g/mol. The Balaban J connectivity index is 1.68. The zero-order chi connectivity index (χ0) is 18.7. The molecule has 2 aromatic rings. The van der Waals surface area contributed by atoms with Gasteiger partial charge < -0.3 is 14.9 Å². The van der Waals surface area contributed by atoms with Crippen molar-refractivity contribution in [3.63, 3.8) is 0 Å². The number of nitro benzene ring substituents is 1. The standard InChI is InChI=1S/C16H15N5O5/c22-15(11-3-1-2-4-13(11)21(25)26)20-9-7-19(8-10-20)14-6-5-12(16(23)24)17-18-14/h1-6H,7-10H2,(H,23,24). The summed E-state index contributed by atoms with van der Waals surface area (Å²) in [6.07, 6.45) is 0. The molecule has 1 saturated heterocycles. The fraction of sp³-hybridized carbons (Fsp3) is 0.250. The van der Waals surface area contributed by atoms with E-state index in [1.807, 2.05) is 4.90 Å². The van der Waals surface area contributed by atoms with E-state index in [1.165, 1.54) is 24.3 Å². The molecule has 0 bridgehead atoms. The van der Waals surface area contributed by atoms with Crippen molar-refractivity contribution in [2.24, 2.45) is 0 Å². The van der Waals surface area contributed by atoms with Crippen LogP contribution in [-0.2, 0) is 0 Å². The van der Waals surface area contributed by atoms with Crippen LogP contribution in [0.1, 0.15) is 20.8 Å². The lowest BCUT2D eigenvalue weighted by molar-refractivity contribution is -0.385. The Morgan fingerprint density at radius 3 is 2.31 bits per heavy atom. The van der Waals surface area contributed by atoms with Gasteiger partial charge in [-0.25, -0.2) is 4.79 Å². The summed E-state index contributed by atoms with van der Waals surface area (Å²) in [5, 5.41) is 27.5. The van der Waals surface area contributed by atoms with Gasteiger partial charge in [-0.05, 0) is 18.2 Å². The summed E-state index contributed by atoms with van der Waals surface area (Å²) in [5.41, 5.74) is -0.287. The number of carbonyl (C=O) groups is 2. The second-order valence-electron chi connectivity index (χ2n) is 5.64. The van der Waals surface area contributed by atoms with Crippen LogP contribution < -0.4 is 4.90 Å². The highest BCUT2D eigenvalue weighted by molar-refractivity contribution is 5.98. The van der Waals surface area contributed by atoms with E-state index < -0.39 is 10.9 Å². The molecule has 3 rings (SSSR count). The van der Waals surface area contributed by atoms with Crippen molar-refractivity contribution < 1.29 is 19.6 Å². The maximum atomic E-state index is 12.6. The molecule has 10 nitrogen and oxygen atoms in total. The zero-order valence-electron chi connectivity index (χ0n) is 13.6. The number of nitrogens with zero attached hydrogens (tertiary/aromatic N) is 5. The van der Waals surface area contributed by atoms with Gasteiger partial charge in [-0.15, -0.1) is 10.2 Å². The first-order valence-corrected chi connectivity index (χ1v) is 7.82. The highest BCUT2D eigenvalue weighted by Crippen LogP contribution is 2.21. The van der Waals surface area contributed by atoms with Crippen molar-refractivity contribution in [3.05, 3.63) is 57.8 Å². The molecule has 134 valence electrons. The second-order valence-corrected chi connectivity index (χ2v) is 5.64. The van der Waals surface area contributed by atoms with Crippen molar-refractivity contribution in [2.75, 3.05) is 31.1 Å². The number of hydrogen-bond acceptors (Lipinski definition) is 7. The molecule has 2 heterocycles. The third kappa shape index (κ3) is 3.43. The van der Waals surface area contributed by atoms with Crippen LogP contribution in [0.5, 0.6) is 0 Å². The van der Waals surface area contributed by atoms with Crippen LogP contribution in [0.25, 0.3) is 0 Å². The molecule has 0 saturated carbocycles. The monoisotopic (exact) mass is 357 g/mol. The van der Waals surface area contributed by atoms with Crippen LogP contribution in [0, 0.1) is 10.1 Å². The second kappa shape index (κ2) is 7.13. The maximum Gasteiger partial charge on any atom is 0.356 e. The van der Waals surface area contributed by atoms with Crippen LogP contribution in [0.15, 0.2) is 36.4 Å². The van der Waals surface area contributed by atoms with Gasteiger partial charge in [-0.2, -0.15) is 0 Å². The van der Waals surface area contributed by atoms with E-state index in [0.717, 1.165) is 0 Å². The molecule has 1 amide bonds. The number of para-hydroxylation sites is 1. The summed E-state index contributed by atoms with van der Waals surface area (Å²) in [6, 6.07) is 8.81. The third-order valence-electron chi connectivity index (χ3n) is 4.09. The van der Waals surface area contributed by atoms with Crippen LogP contribution in [-0.4, -0.2) is 63.2 Å². The van der Waals surface area contributed by atoms with Gasteiger partial charge in [0, 0.05) is 32.2 Å². The highest BCUT2D eigenvalue weighted by atomic mass is 16.6. The Morgan fingerprint density at radius 1 is 1.04 bits per heavy atom. The largest absolute Gasteiger partial charge is 0.476 e. The van der Waals surface area contributed by atoms with Crippen LogP contribution in [0.4, 0.5) is 11.5 Å². The molecule has 1 aliphatic rings. The molecule has 0 radical (unpaired) electrons. The third-order valence-corrected chi connectivity index (χ3v) is 4.09. The van der Waals surface area contributed by atoms with E-state index >= 15 is 0 Å². The Bertz CT molecular complexity index is 846. The molecule has 1 aliphatic heterocycles. The number of amides is 1. The number of carboxylic acids is 1. The summed E-state index contributed by atoms with van der Waals surface area (Å²) in [4.78, 5) is 37.4. The van der Waals surface area contributed by atoms with Gasteiger partial charge in [0.05, 0.1) is 4.92 Å². The summed E-state index contributed by atoms with van der Waals surface area (Å²) < 4.78 is 0. The predicted octanol–water partition coefficient (Wildman–Crippen LogP) is 1.05. The Hall–Kier alpha value is -3.56. The smallest absolute Gasteiger partial charge is 0.356 e. The first kappa shape index (κ1) is 17.3. The lowest BCUT2D eigenvalue weighted by Crippen LogP contribution is -2.49. The number of aromatic nitrogens is 2. The van der Waals surface area contributed by atoms with Gasteiger partial charge in [0.15, 0.2) is 11.5 Å². The minimum atomic E-state index is -1.15. The molecule has 0 spiro atoms. The van der Waals surface area contributed by atoms with Gasteiger partial charge in [-0.1, -0.05) is 12.1 Å². The number of aromatic carboxylic acids is 1. The molecule has 0 unspecified atom stereocenters. The number of carbonyl (C=O) groups excluding carboxylic acids is 1. The van der Waals surface area contributed by atoms with Crippen molar-refractivity contribution in [2.45, 2.75) is 0 Å². The van der Waals surface area contributed by atoms with E-state index in [0.29, 0.717) is 32.0 Å². The van der Waals surface area contributed by atoms with Crippen molar-refractivity contribution >= 4 is 23.4 Å². The van der Waals surface area contributed by atoms with E-state index in [2.05, 4.69) is 10.2 Å². The quantitative estimate of drug-likeness (QED) is 0.635. The Morgan fingerprint density at radius 2 is 1.73 bits per heavy atom. The fourth-order valence-corrected chi connectivity index (χ4v) is 2.73. The summed E-state index contributed by atoms with van der Waals surface area (Å²) >= 11 is 0. The van der Waals surface area contributed by atoms with E-state index in [4.69, 9.17) is 5.11 Å². The van der Waals surface area contributed by atoms with Crippen LogP contribution in [0.3, 0.4) is 0 Å². The number of rotatable bonds is 4. The SMILES string of the molecule is O=C(O)c1ccc(N2CCN(C(=O)c3ccccc3[N+](=O)[O-])CC2)nn1. The Labute approximate surface area is 147 Å². The maximum absolute atomic E-state index is 12.6. The number of anilines is 1. The molecule has 10 heteroatoms. The molecule has 1 aromatic heterocycles. The number of nitro groups is 1. The molecule has 1 N–H and O–H groups in total. The van der Waals surface area contributed by atoms with Gasteiger partial charge in [0.25, 0.3) is 11.6 Å². The summed E-state index contributed by atoms with van der Waals surface area (Å²) in [5.74, 6) is -1.01. The predicted molar refractivity (Wildman–Crippen MR) is 90.2 cm³/mol. The molecular formula is C16H15N5O5. The number of piperazine rings is 1. The van der Waals surface area contributed by atoms with Crippen molar-refractivity contribution in [1.82, 2.24) is 15.1 Å². The fourth-order valence-electron chi connectivity index (χ4n) is 2.73. The van der Waals surface area contributed by atoms with Gasteiger partial charge in [0.1, 0.15) is 5.56 Å². The van der Waals surface area contributed by atoms with E-state index in [9.17, 15) is 19.7 Å². The summed E-state index contributed by atoms with van der Waals surface area (Å²) in [6.45, 7) is 1.67. The zero-order valence-corrected chi connectivity index (χ0v) is 13.6. The van der Waals surface area contributed by atoms with E-state index in [1.54, 1.807) is 17.0 Å². The average molecular weight is 357 g/mol. The van der Waals surface area contributed by atoms with Crippen LogP contribution >= 0.6 is 0 Å². The lowest BCUT2D eigenvalue weighted by atomic mass is 10.1. The number of benzene rings is 1. The van der Waals surface area contributed by atoms with Crippen molar-refractivity contribution in [3.8, 4) is 0 Å². The average Bonchev–Trinajstić information content (AvgIpc) is 2.67. The first-order chi connectivity index (χ1) is 12.5. The van der Waals surface area contributed by atoms with Gasteiger partial charge in [-0.3, -0.25) is 14.9 Å². The minimum Gasteiger partial charge on any atom is -0.476 e. The van der Waals surface area contributed by atoms with Crippen LogP contribution in [0.2, 0.25) is 0 Å². The minimum absolute atomic E-state index is 0.0663. The van der Waals surface area contributed by atoms with Gasteiger partial charge in [0.2, 0.25) is 0 Å². The Kier molecular flexibility index (Phi) is 4.74. The summed E-state index contributed by atoms with van der Waals surface area (Å²) in [7, 11) is 0. The molecule has 0 aliphatic carbocycles. The molecule has 0 atom stereocenters.